The number of hydrogen-bond acceptors (Lipinski definition) is 2. The van der Waals surface area contributed by atoms with E-state index in [9.17, 15) is 4.79 Å². The summed E-state index contributed by atoms with van der Waals surface area (Å²) in [6.07, 6.45) is 0. The van der Waals surface area contributed by atoms with Gasteiger partial charge in [0.05, 0.1) is 0 Å². The lowest BCUT2D eigenvalue weighted by Crippen LogP contribution is -2.39. The highest BCUT2D eigenvalue weighted by Crippen LogP contribution is 2.15. The number of aliphatic hydroxyl groups is 1. The fourth-order valence-electron chi connectivity index (χ4n) is 2.16. The number of rotatable bonds is 4. The Balaban J connectivity index is 3.03. The van der Waals surface area contributed by atoms with Crippen LogP contribution in [0.4, 0.5) is 0 Å². The average Bonchev–Trinajstić information content (AvgIpc) is 2.42. The van der Waals surface area contributed by atoms with E-state index in [0.717, 1.165) is 17.7 Å². The number of carbonyl (C=O) groups is 1. The van der Waals surface area contributed by atoms with Gasteiger partial charge in [0, 0.05) is 23.7 Å². The second-order valence-electron chi connectivity index (χ2n) is 5.93. The van der Waals surface area contributed by atoms with Crippen LogP contribution in [0.25, 0.3) is 0 Å². The normalized spacial score (nSPS) is 10.5. The van der Waals surface area contributed by atoms with Crippen LogP contribution in [0.3, 0.4) is 0 Å². The molecule has 0 spiro atoms. The van der Waals surface area contributed by atoms with E-state index < -0.39 is 0 Å². The molecule has 3 heteroatoms. The first-order valence-electron chi connectivity index (χ1n) is 7.38. The molecule has 1 aromatic carbocycles. The van der Waals surface area contributed by atoms with E-state index in [1.54, 1.807) is 0 Å². The third-order valence-electron chi connectivity index (χ3n) is 3.22. The van der Waals surface area contributed by atoms with Crippen LogP contribution in [0.1, 0.15) is 49.2 Å². The summed E-state index contributed by atoms with van der Waals surface area (Å²) in [6, 6.07) is 5.71. The number of hydrogen-bond donors (Lipinski definition) is 1. The molecule has 21 heavy (non-hydrogen) atoms. The zero-order valence-corrected chi connectivity index (χ0v) is 13.6. The Morgan fingerprint density at radius 2 is 1.95 bits per heavy atom. The monoisotopic (exact) mass is 287 g/mol. The molecule has 0 radical (unpaired) electrons. The van der Waals surface area contributed by atoms with Crippen molar-refractivity contribution in [2.24, 2.45) is 5.92 Å². The Hall–Kier alpha value is -1.79. The maximum absolute atomic E-state index is 12.6. The molecule has 0 unspecified atom stereocenters. The minimum Gasteiger partial charge on any atom is -0.384 e. The van der Waals surface area contributed by atoms with Crippen LogP contribution in [0.15, 0.2) is 18.2 Å². The van der Waals surface area contributed by atoms with Gasteiger partial charge in [-0.25, -0.2) is 0 Å². The number of aryl methyl sites for hydroxylation is 1. The topological polar surface area (TPSA) is 40.5 Å². The van der Waals surface area contributed by atoms with Gasteiger partial charge in [0.2, 0.25) is 0 Å². The van der Waals surface area contributed by atoms with Crippen LogP contribution in [-0.2, 0) is 0 Å². The largest absolute Gasteiger partial charge is 0.384 e. The van der Waals surface area contributed by atoms with Crippen molar-refractivity contribution in [2.45, 2.75) is 40.7 Å². The highest BCUT2D eigenvalue weighted by Gasteiger charge is 2.20. The Labute approximate surface area is 128 Å². The number of aliphatic hydroxyl groups excluding tert-OH is 1. The molecule has 0 atom stereocenters. The van der Waals surface area contributed by atoms with Gasteiger partial charge < -0.3 is 10.0 Å². The molecule has 0 bridgehead atoms. The second kappa shape index (κ2) is 7.85. The first-order chi connectivity index (χ1) is 9.86. The van der Waals surface area contributed by atoms with Crippen molar-refractivity contribution < 1.29 is 9.90 Å². The molecule has 0 heterocycles. The molecule has 0 fully saturated rings. The number of amides is 1. The van der Waals surface area contributed by atoms with Gasteiger partial charge in [-0.05, 0) is 50.5 Å². The predicted molar refractivity (Wildman–Crippen MR) is 86.2 cm³/mol. The summed E-state index contributed by atoms with van der Waals surface area (Å²) in [5.74, 6) is 6.02. The summed E-state index contributed by atoms with van der Waals surface area (Å²) in [4.78, 5) is 14.6. The molecule has 0 saturated carbocycles. The molecule has 0 aliphatic carbocycles. The molecule has 0 saturated heterocycles. The molecule has 0 aliphatic rings. The van der Waals surface area contributed by atoms with Crippen LogP contribution in [0.5, 0.6) is 0 Å². The van der Waals surface area contributed by atoms with E-state index in [1.807, 2.05) is 43.9 Å². The van der Waals surface area contributed by atoms with Crippen molar-refractivity contribution in [1.82, 2.24) is 4.90 Å². The first kappa shape index (κ1) is 17.3. The molecule has 1 aromatic rings. The smallest absolute Gasteiger partial charge is 0.254 e. The Bertz CT molecular complexity index is 550. The Morgan fingerprint density at radius 1 is 1.29 bits per heavy atom. The number of benzene rings is 1. The summed E-state index contributed by atoms with van der Waals surface area (Å²) >= 11 is 0. The molecule has 0 aliphatic heterocycles. The summed E-state index contributed by atoms with van der Waals surface area (Å²) in [5.41, 5.74) is 2.49. The molecule has 1 N–H and O–H groups in total. The highest BCUT2D eigenvalue weighted by atomic mass is 16.2. The van der Waals surface area contributed by atoms with E-state index in [-0.39, 0.29) is 18.6 Å². The maximum atomic E-state index is 12.6. The zero-order chi connectivity index (χ0) is 16.0. The van der Waals surface area contributed by atoms with Crippen molar-refractivity contribution in [1.29, 1.82) is 0 Å². The molecule has 3 nitrogen and oxygen atoms in total. The van der Waals surface area contributed by atoms with Crippen LogP contribution in [-0.4, -0.2) is 35.1 Å². The average molecular weight is 287 g/mol. The molecular formula is C18H25NO2. The molecule has 114 valence electrons. The third-order valence-corrected chi connectivity index (χ3v) is 3.22. The van der Waals surface area contributed by atoms with Gasteiger partial charge in [-0.2, -0.15) is 0 Å². The van der Waals surface area contributed by atoms with Crippen molar-refractivity contribution in [2.75, 3.05) is 13.2 Å². The lowest BCUT2D eigenvalue weighted by Gasteiger charge is -2.28. The fourth-order valence-corrected chi connectivity index (χ4v) is 2.16. The fraction of sp³-hybridized carbons (Fsp3) is 0.500. The van der Waals surface area contributed by atoms with Crippen LogP contribution >= 0.6 is 0 Å². The van der Waals surface area contributed by atoms with Gasteiger partial charge >= 0.3 is 0 Å². The Morgan fingerprint density at radius 3 is 2.43 bits per heavy atom. The van der Waals surface area contributed by atoms with Crippen LogP contribution in [0.2, 0.25) is 0 Å². The van der Waals surface area contributed by atoms with Crippen molar-refractivity contribution >= 4 is 5.91 Å². The summed E-state index contributed by atoms with van der Waals surface area (Å²) in [7, 11) is 0. The van der Waals surface area contributed by atoms with Crippen LogP contribution in [0, 0.1) is 24.7 Å². The third kappa shape index (κ3) is 4.91. The van der Waals surface area contributed by atoms with Crippen molar-refractivity contribution in [3.05, 3.63) is 34.9 Å². The first-order valence-corrected chi connectivity index (χ1v) is 7.38. The van der Waals surface area contributed by atoms with Gasteiger partial charge in [0.15, 0.2) is 0 Å². The van der Waals surface area contributed by atoms with Crippen molar-refractivity contribution in [3.63, 3.8) is 0 Å². The van der Waals surface area contributed by atoms with Crippen molar-refractivity contribution in [3.8, 4) is 11.8 Å². The maximum Gasteiger partial charge on any atom is 0.254 e. The highest BCUT2D eigenvalue weighted by molar-refractivity contribution is 5.94. The van der Waals surface area contributed by atoms with Gasteiger partial charge in [0.1, 0.15) is 6.61 Å². The summed E-state index contributed by atoms with van der Waals surface area (Å²) < 4.78 is 0. The zero-order valence-electron chi connectivity index (χ0n) is 13.6. The molecular weight excluding hydrogens is 262 g/mol. The molecule has 1 rings (SSSR count). The Kier molecular flexibility index (Phi) is 6.45. The standard InChI is InChI=1S/C18H25NO2/c1-13(2)12-19(14(3)4)18(21)17-9-8-16(7-6-10-20)15(5)11-17/h8-9,11,13-14,20H,10,12H2,1-5H3. The van der Waals surface area contributed by atoms with E-state index in [1.165, 1.54) is 0 Å². The summed E-state index contributed by atoms with van der Waals surface area (Å²) in [6.45, 7) is 10.8. The lowest BCUT2D eigenvalue weighted by molar-refractivity contribution is 0.0682. The van der Waals surface area contributed by atoms with Gasteiger partial charge in [-0.15, -0.1) is 0 Å². The van der Waals surface area contributed by atoms with E-state index in [4.69, 9.17) is 5.11 Å². The molecule has 1 amide bonds. The predicted octanol–water partition coefficient (Wildman–Crippen LogP) is 2.85. The SMILES string of the molecule is Cc1cc(C(=O)N(CC(C)C)C(C)C)ccc1C#CCO. The number of carbonyl (C=O) groups excluding carboxylic acids is 1. The molecule has 0 aromatic heterocycles. The van der Waals surface area contributed by atoms with E-state index in [0.29, 0.717) is 11.5 Å². The minimum absolute atomic E-state index is 0.0588. The quantitative estimate of drug-likeness (QED) is 0.865. The van der Waals surface area contributed by atoms with Gasteiger partial charge in [0.25, 0.3) is 5.91 Å². The second-order valence-corrected chi connectivity index (χ2v) is 5.93. The van der Waals surface area contributed by atoms with Gasteiger partial charge in [-0.3, -0.25) is 4.79 Å². The van der Waals surface area contributed by atoms with Gasteiger partial charge in [-0.1, -0.05) is 25.7 Å². The van der Waals surface area contributed by atoms with E-state index >= 15 is 0 Å². The lowest BCUT2D eigenvalue weighted by atomic mass is 10.0. The van der Waals surface area contributed by atoms with E-state index in [2.05, 4.69) is 25.7 Å². The minimum atomic E-state index is -0.157. The number of nitrogens with zero attached hydrogens (tertiary/aromatic N) is 1. The van der Waals surface area contributed by atoms with Crippen LogP contribution < -0.4 is 0 Å². The summed E-state index contributed by atoms with van der Waals surface area (Å²) in [5, 5.41) is 8.74.